The lowest BCUT2D eigenvalue weighted by Crippen LogP contribution is -2.32. The number of hydrogen-bond donors (Lipinski definition) is 2. The van der Waals surface area contributed by atoms with E-state index in [1.165, 1.54) is 0 Å². The topological polar surface area (TPSA) is 49.3 Å². The van der Waals surface area contributed by atoms with Crippen LogP contribution < -0.4 is 5.32 Å². The van der Waals surface area contributed by atoms with Crippen LogP contribution >= 0.6 is 0 Å². The van der Waals surface area contributed by atoms with Crippen LogP contribution in [0.1, 0.15) is 27.7 Å². The van der Waals surface area contributed by atoms with Crippen LogP contribution in [0.5, 0.6) is 0 Å². The summed E-state index contributed by atoms with van der Waals surface area (Å²) in [4.78, 5) is 10.4. The molecule has 0 saturated heterocycles. The van der Waals surface area contributed by atoms with Gasteiger partial charge in [0.1, 0.15) is 0 Å². The molecule has 0 spiro atoms. The van der Waals surface area contributed by atoms with E-state index in [1.807, 2.05) is 0 Å². The second-order valence-electron chi connectivity index (χ2n) is 4.43. The Morgan fingerprint density at radius 2 is 2.00 bits per heavy atom. The van der Waals surface area contributed by atoms with Crippen LogP contribution in [-0.4, -0.2) is 24.2 Å². The summed E-state index contributed by atoms with van der Waals surface area (Å²) in [7, 11) is 0. The minimum atomic E-state index is -0.739. The highest BCUT2D eigenvalue weighted by molar-refractivity contribution is 5.69. The number of rotatable bonds is 4. The molecule has 0 amide bonds. The minimum Gasteiger partial charge on any atom is -0.481 e. The van der Waals surface area contributed by atoms with Crippen molar-refractivity contribution < 1.29 is 9.90 Å². The molecule has 0 radical (unpaired) electrons. The Hall–Kier alpha value is -0.570. The molecule has 0 aliphatic rings. The van der Waals surface area contributed by atoms with Gasteiger partial charge in [0.05, 0.1) is 5.92 Å². The van der Waals surface area contributed by atoms with Crippen LogP contribution in [0.3, 0.4) is 0 Å². The highest BCUT2D eigenvalue weighted by Gasteiger charge is 2.13. The van der Waals surface area contributed by atoms with E-state index in [0.29, 0.717) is 6.54 Å². The molecule has 0 bridgehead atoms. The van der Waals surface area contributed by atoms with Crippen molar-refractivity contribution in [2.24, 2.45) is 11.3 Å². The zero-order chi connectivity index (χ0) is 9.78. The molecule has 3 heteroatoms. The summed E-state index contributed by atoms with van der Waals surface area (Å²) in [5, 5.41) is 11.7. The van der Waals surface area contributed by atoms with Crippen LogP contribution in [0.4, 0.5) is 0 Å². The highest BCUT2D eigenvalue weighted by Crippen LogP contribution is 2.10. The molecule has 1 atom stereocenters. The van der Waals surface area contributed by atoms with Gasteiger partial charge in [0.25, 0.3) is 0 Å². The van der Waals surface area contributed by atoms with Crippen LogP contribution in [0.2, 0.25) is 0 Å². The third kappa shape index (κ3) is 6.16. The zero-order valence-corrected chi connectivity index (χ0v) is 8.35. The average molecular weight is 173 g/mol. The van der Waals surface area contributed by atoms with Crippen LogP contribution in [-0.2, 0) is 4.79 Å². The molecule has 1 unspecified atom stereocenters. The summed E-state index contributed by atoms with van der Waals surface area (Å²) in [5.41, 5.74) is 0.220. The predicted octanol–water partition coefficient (Wildman–Crippen LogP) is 1.34. The Kier molecular flexibility index (Phi) is 4.24. The molecule has 0 fully saturated rings. The van der Waals surface area contributed by atoms with E-state index >= 15 is 0 Å². The van der Waals surface area contributed by atoms with E-state index < -0.39 is 5.97 Å². The first kappa shape index (κ1) is 11.4. The lowest BCUT2D eigenvalue weighted by molar-refractivity contribution is -0.140. The summed E-state index contributed by atoms with van der Waals surface area (Å²) < 4.78 is 0. The van der Waals surface area contributed by atoms with E-state index in [2.05, 4.69) is 26.1 Å². The van der Waals surface area contributed by atoms with Gasteiger partial charge in [-0.25, -0.2) is 0 Å². The molecule has 12 heavy (non-hydrogen) atoms. The van der Waals surface area contributed by atoms with Gasteiger partial charge in [0.15, 0.2) is 0 Å². The van der Waals surface area contributed by atoms with Crippen molar-refractivity contribution in [1.82, 2.24) is 5.32 Å². The molecule has 0 rings (SSSR count). The SMILES string of the molecule is CC(CNCC(C)(C)C)C(=O)O. The Labute approximate surface area is 74.2 Å². The van der Waals surface area contributed by atoms with Crippen LogP contribution in [0.15, 0.2) is 0 Å². The summed E-state index contributed by atoms with van der Waals surface area (Å²) in [6.07, 6.45) is 0. The molecule has 0 aliphatic heterocycles. The molecular formula is C9H19NO2. The molecule has 0 aromatic rings. The summed E-state index contributed by atoms with van der Waals surface area (Å²) in [6.45, 7) is 9.46. The second-order valence-corrected chi connectivity index (χ2v) is 4.43. The third-order valence-corrected chi connectivity index (χ3v) is 1.53. The Bertz CT molecular complexity index is 149. The normalized spacial score (nSPS) is 14.3. The molecule has 0 aliphatic carbocycles. The van der Waals surface area contributed by atoms with Crippen molar-refractivity contribution in [1.29, 1.82) is 0 Å². The van der Waals surface area contributed by atoms with Crippen molar-refractivity contribution in [2.45, 2.75) is 27.7 Å². The second kappa shape index (κ2) is 4.45. The summed E-state index contributed by atoms with van der Waals surface area (Å²) in [5.74, 6) is -1.04. The molecule has 2 N–H and O–H groups in total. The predicted molar refractivity (Wildman–Crippen MR) is 49.1 cm³/mol. The number of carbonyl (C=O) groups is 1. The molecule has 0 aromatic heterocycles. The van der Waals surface area contributed by atoms with Crippen molar-refractivity contribution in [3.63, 3.8) is 0 Å². The molecular weight excluding hydrogens is 154 g/mol. The average Bonchev–Trinajstić information content (AvgIpc) is 1.84. The number of hydrogen-bond acceptors (Lipinski definition) is 2. The smallest absolute Gasteiger partial charge is 0.307 e. The van der Waals surface area contributed by atoms with Gasteiger partial charge in [-0.3, -0.25) is 4.79 Å². The van der Waals surface area contributed by atoms with Gasteiger partial charge < -0.3 is 10.4 Å². The lowest BCUT2D eigenvalue weighted by atomic mass is 9.97. The van der Waals surface area contributed by atoms with E-state index in [0.717, 1.165) is 6.54 Å². The van der Waals surface area contributed by atoms with Crippen molar-refractivity contribution in [3.8, 4) is 0 Å². The van der Waals surface area contributed by atoms with Crippen LogP contribution in [0.25, 0.3) is 0 Å². The Balaban J connectivity index is 3.51. The monoisotopic (exact) mass is 173 g/mol. The van der Waals surface area contributed by atoms with Gasteiger partial charge in [0, 0.05) is 13.1 Å². The minimum absolute atomic E-state index is 0.220. The van der Waals surface area contributed by atoms with Gasteiger partial charge >= 0.3 is 5.97 Å². The maximum absolute atomic E-state index is 10.4. The van der Waals surface area contributed by atoms with E-state index in [4.69, 9.17) is 5.11 Å². The third-order valence-electron chi connectivity index (χ3n) is 1.53. The Morgan fingerprint density at radius 3 is 2.33 bits per heavy atom. The zero-order valence-electron chi connectivity index (χ0n) is 8.35. The van der Waals surface area contributed by atoms with Crippen molar-refractivity contribution in [3.05, 3.63) is 0 Å². The largest absolute Gasteiger partial charge is 0.481 e. The molecule has 0 saturated carbocycles. The quantitative estimate of drug-likeness (QED) is 0.674. The number of nitrogens with one attached hydrogen (secondary N) is 1. The van der Waals surface area contributed by atoms with Gasteiger partial charge in [0.2, 0.25) is 0 Å². The fourth-order valence-electron chi connectivity index (χ4n) is 0.751. The van der Waals surface area contributed by atoms with Crippen LogP contribution in [0, 0.1) is 11.3 Å². The number of carboxylic acid groups (broad SMARTS) is 1. The number of carboxylic acids is 1. The van der Waals surface area contributed by atoms with Gasteiger partial charge in [-0.05, 0) is 5.41 Å². The first-order chi connectivity index (χ1) is 5.33. The fourth-order valence-corrected chi connectivity index (χ4v) is 0.751. The highest BCUT2D eigenvalue weighted by atomic mass is 16.4. The molecule has 3 nitrogen and oxygen atoms in total. The number of aliphatic carboxylic acids is 1. The van der Waals surface area contributed by atoms with Gasteiger partial charge in [-0.15, -0.1) is 0 Å². The molecule has 72 valence electrons. The maximum Gasteiger partial charge on any atom is 0.307 e. The first-order valence-corrected chi connectivity index (χ1v) is 4.26. The van der Waals surface area contributed by atoms with E-state index in [-0.39, 0.29) is 11.3 Å². The summed E-state index contributed by atoms with van der Waals surface area (Å²) in [6, 6.07) is 0. The van der Waals surface area contributed by atoms with E-state index in [9.17, 15) is 4.79 Å². The van der Waals surface area contributed by atoms with E-state index in [1.54, 1.807) is 6.92 Å². The molecule has 0 heterocycles. The summed E-state index contributed by atoms with van der Waals surface area (Å²) >= 11 is 0. The van der Waals surface area contributed by atoms with Gasteiger partial charge in [-0.1, -0.05) is 27.7 Å². The standard InChI is InChI=1S/C9H19NO2/c1-7(8(11)12)5-10-6-9(2,3)4/h7,10H,5-6H2,1-4H3,(H,11,12). The van der Waals surface area contributed by atoms with Crippen molar-refractivity contribution >= 4 is 5.97 Å². The van der Waals surface area contributed by atoms with Gasteiger partial charge in [-0.2, -0.15) is 0 Å². The fraction of sp³-hybridized carbons (Fsp3) is 0.889. The lowest BCUT2D eigenvalue weighted by Gasteiger charge is -2.19. The molecule has 0 aromatic carbocycles. The first-order valence-electron chi connectivity index (χ1n) is 4.26. The van der Waals surface area contributed by atoms with Crippen molar-refractivity contribution in [2.75, 3.05) is 13.1 Å². The Morgan fingerprint density at radius 1 is 1.50 bits per heavy atom. The maximum atomic E-state index is 10.4.